The number of carbonyl (C=O) groups is 1. The first-order valence-corrected chi connectivity index (χ1v) is 8.31. The highest BCUT2D eigenvalue weighted by atomic mass is 32.2. The van der Waals surface area contributed by atoms with Crippen LogP contribution in [0.3, 0.4) is 0 Å². The minimum absolute atomic E-state index is 0.210. The van der Waals surface area contributed by atoms with Gasteiger partial charge in [0.2, 0.25) is 0 Å². The van der Waals surface area contributed by atoms with Gasteiger partial charge in [0, 0.05) is 10.6 Å². The molecule has 1 N–H and O–H groups in total. The Kier molecular flexibility index (Phi) is 7.75. The second-order valence-electron chi connectivity index (χ2n) is 5.03. The SMILES string of the molecule is CCCNC(C)(CCSc1ccc(F)cc1)C(=O)OCC. The van der Waals surface area contributed by atoms with Crippen LogP contribution in [0.1, 0.15) is 33.6 Å². The summed E-state index contributed by atoms with van der Waals surface area (Å²) >= 11 is 1.61. The van der Waals surface area contributed by atoms with Crippen LogP contribution in [0.5, 0.6) is 0 Å². The molecule has 0 radical (unpaired) electrons. The van der Waals surface area contributed by atoms with E-state index < -0.39 is 5.54 Å². The fraction of sp³-hybridized carbons (Fsp3) is 0.562. The third-order valence-electron chi connectivity index (χ3n) is 3.18. The molecule has 118 valence electrons. The summed E-state index contributed by atoms with van der Waals surface area (Å²) in [6.45, 7) is 6.91. The Hall–Kier alpha value is -1.07. The van der Waals surface area contributed by atoms with Crippen molar-refractivity contribution in [3.63, 3.8) is 0 Å². The lowest BCUT2D eigenvalue weighted by Crippen LogP contribution is -2.51. The number of ether oxygens (including phenoxy) is 1. The summed E-state index contributed by atoms with van der Waals surface area (Å²) in [4.78, 5) is 13.1. The second kappa shape index (κ2) is 9.05. The number of hydrogen-bond acceptors (Lipinski definition) is 4. The summed E-state index contributed by atoms with van der Waals surface area (Å²) in [7, 11) is 0. The highest BCUT2D eigenvalue weighted by Crippen LogP contribution is 2.23. The lowest BCUT2D eigenvalue weighted by Gasteiger charge is -2.28. The molecule has 1 rings (SSSR count). The summed E-state index contributed by atoms with van der Waals surface area (Å²) in [5.74, 6) is 0.316. The number of nitrogens with one attached hydrogen (secondary N) is 1. The van der Waals surface area contributed by atoms with Crippen molar-refractivity contribution >= 4 is 17.7 Å². The average molecular weight is 313 g/mol. The van der Waals surface area contributed by atoms with Gasteiger partial charge in [-0.05, 0) is 57.5 Å². The van der Waals surface area contributed by atoms with Gasteiger partial charge in [-0.15, -0.1) is 11.8 Å². The average Bonchev–Trinajstić information content (AvgIpc) is 2.47. The Bertz CT molecular complexity index is 438. The maximum Gasteiger partial charge on any atom is 0.326 e. The maximum absolute atomic E-state index is 12.8. The van der Waals surface area contributed by atoms with Crippen molar-refractivity contribution in [1.29, 1.82) is 0 Å². The van der Waals surface area contributed by atoms with Crippen LogP contribution in [0, 0.1) is 5.82 Å². The Morgan fingerprint density at radius 3 is 2.57 bits per heavy atom. The third-order valence-corrected chi connectivity index (χ3v) is 4.19. The summed E-state index contributed by atoms with van der Waals surface area (Å²) in [6, 6.07) is 6.40. The first-order chi connectivity index (χ1) is 10.0. The van der Waals surface area contributed by atoms with Gasteiger partial charge in [0.15, 0.2) is 0 Å². The predicted molar refractivity (Wildman–Crippen MR) is 85.1 cm³/mol. The van der Waals surface area contributed by atoms with Crippen LogP contribution >= 0.6 is 11.8 Å². The van der Waals surface area contributed by atoms with Crippen LogP contribution in [0.25, 0.3) is 0 Å². The molecule has 0 saturated heterocycles. The van der Waals surface area contributed by atoms with E-state index in [9.17, 15) is 9.18 Å². The molecule has 1 atom stereocenters. The minimum Gasteiger partial charge on any atom is -0.465 e. The first kappa shape index (κ1) is 18.0. The largest absolute Gasteiger partial charge is 0.465 e. The van der Waals surface area contributed by atoms with E-state index in [1.165, 1.54) is 12.1 Å². The van der Waals surface area contributed by atoms with Crippen molar-refractivity contribution in [2.24, 2.45) is 0 Å². The molecule has 0 saturated carbocycles. The van der Waals surface area contributed by atoms with Gasteiger partial charge in [-0.3, -0.25) is 4.79 Å². The van der Waals surface area contributed by atoms with E-state index in [1.54, 1.807) is 23.9 Å². The molecule has 0 spiro atoms. The zero-order chi connectivity index (χ0) is 15.7. The van der Waals surface area contributed by atoms with Gasteiger partial charge in [0.25, 0.3) is 0 Å². The number of esters is 1. The lowest BCUT2D eigenvalue weighted by molar-refractivity contribution is -0.150. The number of carbonyl (C=O) groups excluding carboxylic acids is 1. The third kappa shape index (κ3) is 6.06. The molecule has 3 nitrogen and oxygen atoms in total. The Balaban J connectivity index is 2.55. The quantitative estimate of drug-likeness (QED) is 0.558. The molecule has 0 aromatic heterocycles. The van der Waals surface area contributed by atoms with Crippen molar-refractivity contribution in [2.75, 3.05) is 18.9 Å². The van der Waals surface area contributed by atoms with E-state index in [1.807, 2.05) is 13.8 Å². The normalized spacial score (nSPS) is 13.7. The first-order valence-electron chi connectivity index (χ1n) is 7.32. The van der Waals surface area contributed by atoms with Gasteiger partial charge in [-0.2, -0.15) is 0 Å². The number of benzene rings is 1. The van der Waals surface area contributed by atoms with E-state index in [0.717, 1.165) is 23.6 Å². The molecule has 0 aliphatic rings. The van der Waals surface area contributed by atoms with E-state index in [2.05, 4.69) is 12.2 Å². The van der Waals surface area contributed by atoms with Gasteiger partial charge in [0.05, 0.1) is 6.61 Å². The molecule has 0 heterocycles. The second-order valence-corrected chi connectivity index (χ2v) is 6.20. The van der Waals surface area contributed by atoms with Gasteiger partial charge >= 0.3 is 5.97 Å². The number of thioether (sulfide) groups is 1. The highest BCUT2D eigenvalue weighted by molar-refractivity contribution is 7.99. The lowest BCUT2D eigenvalue weighted by atomic mass is 9.99. The molecule has 0 amide bonds. The molecule has 0 bridgehead atoms. The molecule has 0 aliphatic carbocycles. The van der Waals surface area contributed by atoms with Crippen molar-refractivity contribution in [2.45, 2.75) is 44.0 Å². The van der Waals surface area contributed by atoms with Gasteiger partial charge < -0.3 is 10.1 Å². The molecule has 1 unspecified atom stereocenters. The summed E-state index contributed by atoms with van der Waals surface area (Å²) in [5.41, 5.74) is -0.668. The Morgan fingerprint density at radius 2 is 2.00 bits per heavy atom. The highest BCUT2D eigenvalue weighted by Gasteiger charge is 2.33. The molecule has 1 aromatic carbocycles. The molecule has 1 aromatic rings. The van der Waals surface area contributed by atoms with Crippen LogP contribution in [0.15, 0.2) is 29.2 Å². The molecule has 0 aliphatic heterocycles. The summed E-state index contributed by atoms with van der Waals surface area (Å²) in [5, 5.41) is 3.28. The zero-order valence-electron chi connectivity index (χ0n) is 12.9. The summed E-state index contributed by atoms with van der Waals surface area (Å²) < 4.78 is 18.0. The van der Waals surface area contributed by atoms with E-state index in [-0.39, 0.29) is 11.8 Å². The Morgan fingerprint density at radius 1 is 1.33 bits per heavy atom. The number of rotatable bonds is 9. The monoisotopic (exact) mass is 313 g/mol. The number of hydrogen-bond donors (Lipinski definition) is 1. The molecular formula is C16H24FNO2S. The van der Waals surface area contributed by atoms with Crippen LogP contribution in [0.2, 0.25) is 0 Å². The minimum atomic E-state index is -0.668. The maximum atomic E-state index is 12.8. The summed E-state index contributed by atoms with van der Waals surface area (Å²) in [6.07, 6.45) is 1.62. The van der Waals surface area contributed by atoms with Gasteiger partial charge in [-0.25, -0.2) is 4.39 Å². The smallest absolute Gasteiger partial charge is 0.326 e. The van der Waals surface area contributed by atoms with Crippen molar-refractivity contribution < 1.29 is 13.9 Å². The van der Waals surface area contributed by atoms with Crippen LogP contribution < -0.4 is 5.32 Å². The topological polar surface area (TPSA) is 38.3 Å². The molecule has 5 heteroatoms. The number of halogens is 1. The molecule has 0 fully saturated rings. The van der Waals surface area contributed by atoms with Crippen LogP contribution in [-0.2, 0) is 9.53 Å². The molecular weight excluding hydrogens is 289 g/mol. The van der Waals surface area contributed by atoms with E-state index in [0.29, 0.717) is 13.0 Å². The van der Waals surface area contributed by atoms with Crippen LogP contribution in [-0.4, -0.2) is 30.4 Å². The fourth-order valence-corrected chi connectivity index (χ4v) is 2.93. The zero-order valence-corrected chi connectivity index (χ0v) is 13.8. The van der Waals surface area contributed by atoms with Crippen molar-refractivity contribution in [3.05, 3.63) is 30.1 Å². The van der Waals surface area contributed by atoms with Gasteiger partial charge in [-0.1, -0.05) is 6.92 Å². The van der Waals surface area contributed by atoms with Crippen molar-refractivity contribution in [3.8, 4) is 0 Å². The molecule has 21 heavy (non-hydrogen) atoms. The Labute approximate surface area is 130 Å². The van der Waals surface area contributed by atoms with Crippen LogP contribution in [0.4, 0.5) is 4.39 Å². The van der Waals surface area contributed by atoms with Crippen molar-refractivity contribution in [1.82, 2.24) is 5.32 Å². The van der Waals surface area contributed by atoms with E-state index >= 15 is 0 Å². The standard InChI is InChI=1S/C16H24FNO2S/c1-4-11-18-16(3,15(19)20-5-2)10-12-21-14-8-6-13(17)7-9-14/h6-9,18H,4-5,10-12H2,1-3H3. The fourth-order valence-electron chi connectivity index (χ4n) is 1.86. The van der Waals surface area contributed by atoms with Gasteiger partial charge in [0.1, 0.15) is 11.4 Å². The van der Waals surface area contributed by atoms with E-state index in [4.69, 9.17) is 4.74 Å². The predicted octanol–water partition coefficient (Wildman–Crippen LogP) is 3.63.